The van der Waals surface area contributed by atoms with Gasteiger partial charge in [0.25, 0.3) is 5.91 Å². The lowest BCUT2D eigenvalue weighted by atomic mass is 10.1. The smallest absolute Gasteiger partial charge is 0.418 e. The van der Waals surface area contributed by atoms with Gasteiger partial charge < -0.3 is 14.5 Å². The quantitative estimate of drug-likeness (QED) is 0.565. The summed E-state index contributed by atoms with van der Waals surface area (Å²) in [5.74, 6) is -0.206. The van der Waals surface area contributed by atoms with Crippen molar-refractivity contribution >= 4 is 17.4 Å². The predicted octanol–water partition coefficient (Wildman–Crippen LogP) is 5.33. The summed E-state index contributed by atoms with van der Waals surface area (Å²) < 4.78 is 49.9. The number of rotatable bonds is 6. The van der Waals surface area contributed by atoms with Crippen LogP contribution in [-0.2, 0) is 12.8 Å². The van der Waals surface area contributed by atoms with Gasteiger partial charge >= 0.3 is 6.18 Å². The number of para-hydroxylation sites is 1. The van der Waals surface area contributed by atoms with E-state index in [0.29, 0.717) is 17.1 Å². The van der Waals surface area contributed by atoms with Gasteiger partial charge in [-0.05, 0) is 55.5 Å². The molecule has 150 valence electrons. The number of ether oxygens (including phenoxy) is 1. The molecule has 29 heavy (non-hydrogen) atoms. The maximum atomic E-state index is 13.0. The highest BCUT2D eigenvalue weighted by molar-refractivity contribution is 6.02. The molecule has 0 radical (unpaired) electrons. The molecule has 1 N–H and O–H groups in total. The average Bonchev–Trinajstić information content (AvgIpc) is 3.15. The topological polar surface area (TPSA) is 68.5 Å². The highest BCUT2D eigenvalue weighted by Crippen LogP contribution is 2.34. The molecule has 1 aromatic heterocycles. The molecular weight excluding hydrogens is 387 g/mol. The lowest BCUT2D eigenvalue weighted by Crippen LogP contribution is -2.16. The molecule has 3 rings (SSSR count). The molecule has 8 heteroatoms. The number of furan rings is 1. The van der Waals surface area contributed by atoms with Gasteiger partial charge in [-0.2, -0.15) is 13.2 Å². The van der Waals surface area contributed by atoms with Crippen LogP contribution in [0.1, 0.15) is 39.2 Å². The average molecular weight is 403 g/mol. The number of anilines is 1. The number of ketones is 1. The fraction of sp³-hybridized carbons (Fsp3) is 0.143. The van der Waals surface area contributed by atoms with Gasteiger partial charge in [0.2, 0.25) is 0 Å². The molecule has 0 atom stereocenters. The van der Waals surface area contributed by atoms with Crippen molar-refractivity contribution in [1.29, 1.82) is 0 Å². The minimum Gasteiger partial charge on any atom is -0.486 e. The Morgan fingerprint density at radius 2 is 1.69 bits per heavy atom. The summed E-state index contributed by atoms with van der Waals surface area (Å²) in [6, 6.07) is 14.0. The third-order valence-electron chi connectivity index (χ3n) is 4.01. The minimum absolute atomic E-state index is 0.00579. The van der Waals surface area contributed by atoms with Crippen LogP contribution in [0.3, 0.4) is 0 Å². The Morgan fingerprint density at radius 1 is 1.00 bits per heavy atom. The molecule has 1 heterocycles. The number of Topliss-reactive ketones (excluding diaryl/α,β-unsaturated/α-hetero) is 1. The number of alkyl halides is 3. The van der Waals surface area contributed by atoms with Crippen LogP contribution in [0.4, 0.5) is 18.9 Å². The Balaban J connectivity index is 1.64. The van der Waals surface area contributed by atoms with E-state index in [1.807, 2.05) is 0 Å². The van der Waals surface area contributed by atoms with Gasteiger partial charge in [-0.15, -0.1) is 0 Å². The maximum absolute atomic E-state index is 13.0. The zero-order valence-electron chi connectivity index (χ0n) is 15.2. The van der Waals surface area contributed by atoms with Gasteiger partial charge in [0.15, 0.2) is 11.5 Å². The van der Waals surface area contributed by atoms with E-state index in [9.17, 15) is 22.8 Å². The van der Waals surface area contributed by atoms with E-state index < -0.39 is 17.6 Å². The number of nitrogens with one attached hydrogen (secondary N) is 1. The van der Waals surface area contributed by atoms with Gasteiger partial charge in [-0.1, -0.05) is 12.1 Å². The zero-order valence-corrected chi connectivity index (χ0v) is 15.2. The number of hydrogen-bond donors (Lipinski definition) is 1. The van der Waals surface area contributed by atoms with E-state index in [1.165, 1.54) is 37.3 Å². The molecule has 0 saturated heterocycles. The largest absolute Gasteiger partial charge is 0.486 e. The van der Waals surface area contributed by atoms with Crippen LogP contribution in [-0.4, -0.2) is 11.7 Å². The monoisotopic (exact) mass is 403 g/mol. The second kappa shape index (κ2) is 8.22. The molecule has 3 aromatic rings. The van der Waals surface area contributed by atoms with Crippen molar-refractivity contribution < 1.29 is 31.9 Å². The van der Waals surface area contributed by atoms with Crippen LogP contribution in [0.5, 0.6) is 5.75 Å². The lowest BCUT2D eigenvalue weighted by Gasteiger charge is -2.12. The van der Waals surface area contributed by atoms with E-state index in [-0.39, 0.29) is 23.8 Å². The molecule has 2 aromatic carbocycles. The molecule has 0 fully saturated rings. The molecule has 0 saturated carbocycles. The summed E-state index contributed by atoms with van der Waals surface area (Å²) in [4.78, 5) is 23.5. The van der Waals surface area contributed by atoms with Gasteiger partial charge in [-0.3, -0.25) is 9.59 Å². The van der Waals surface area contributed by atoms with Gasteiger partial charge in [0, 0.05) is 5.56 Å². The number of hydrogen-bond acceptors (Lipinski definition) is 4. The van der Waals surface area contributed by atoms with Gasteiger partial charge in [-0.25, -0.2) is 0 Å². The summed E-state index contributed by atoms with van der Waals surface area (Å²) >= 11 is 0. The first-order chi connectivity index (χ1) is 13.7. The molecule has 0 spiro atoms. The van der Waals surface area contributed by atoms with E-state index in [4.69, 9.17) is 9.15 Å². The summed E-state index contributed by atoms with van der Waals surface area (Å²) in [6.45, 7) is 1.46. The Labute approximate surface area is 164 Å². The van der Waals surface area contributed by atoms with Crippen molar-refractivity contribution in [3.05, 3.63) is 83.3 Å². The molecule has 0 bridgehead atoms. The summed E-state index contributed by atoms with van der Waals surface area (Å²) in [6.07, 6.45) is -4.59. The SMILES string of the molecule is CC(=O)c1ccc(OCc2ccc(C(=O)Nc3ccccc3C(F)(F)F)o2)cc1. The Kier molecular flexibility index (Phi) is 5.72. The molecule has 0 aliphatic carbocycles. The van der Waals surface area contributed by atoms with Crippen molar-refractivity contribution in [1.82, 2.24) is 0 Å². The van der Waals surface area contributed by atoms with Crippen LogP contribution in [0.25, 0.3) is 0 Å². The molecule has 0 aliphatic rings. The van der Waals surface area contributed by atoms with Gasteiger partial charge in [0.1, 0.15) is 18.1 Å². The fourth-order valence-electron chi connectivity index (χ4n) is 2.54. The lowest BCUT2D eigenvalue weighted by molar-refractivity contribution is -0.136. The Hall–Kier alpha value is -3.55. The number of carbonyl (C=O) groups excluding carboxylic acids is 2. The number of halogens is 3. The Morgan fingerprint density at radius 3 is 2.34 bits per heavy atom. The zero-order chi connectivity index (χ0) is 21.0. The van der Waals surface area contributed by atoms with E-state index in [0.717, 1.165) is 6.07 Å². The number of amides is 1. The number of benzene rings is 2. The summed E-state index contributed by atoms with van der Waals surface area (Å²) in [5.41, 5.74) is -0.754. The van der Waals surface area contributed by atoms with E-state index in [1.54, 1.807) is 24.3 Å². The Bertz CT molecular complexity index is 1020. The van der Waals surface area contributed by atoms with Crippen LogP contribution < -0.4 is 10.1 Å². The van der Waals surface area contributed by atoms with Crippen LogP contribution in [0.15, 0.2) is 65.1 Å². The third kappa shape index (κ3) is 5.04. The van der Waals surface area contributed by atoms with E-state index in [2.05, 4.69) is 5.32 Å². The maximum Gasteiger partial charge on any atom is 0.418 e. The first-order valence-electron chi connectivity index (χ1n) is 8.54. The first-order valence-corrected chi connectivity index (χ1v) is 8.54. The molecule has 0 aliphatic heterocycles. The highest BCUT2D eigenvalue weighted by atomic mass is 19.4. The fourth-order valence-corrected chi connectivity index (χ4v) is 2.54. The normalized spacial score (nSPS) is 11.2. The summed E-state index contributed by atoms with van der Waals surface area (Å²) in [7, 11) is 0. The summed E-state index contributed by atoms with van der Waals surface area (Å²) in [5, 5.41) is 2.21. The second-order valence-electron chi connectivity index (χ2n) is 6.13. The van der Waals surface area contributed by atoms with Crippen molar-refractivity contribution in [2.75, 3.05) is 5.32 Å². The molecule has 5 nitrogen and oxygen atoms in total. The van der Waals surface area contributed by atoms with Gasteiger partial charge in [0.05, 0.1) is 11.3 Å². The van der Waals surface area contributed by atoms with Crippen molar-refractivity contribution in [3.63, 3.8) is 0 Å². The molecular formula is C21H16F3NO4. The predicted molar refractivity (Wildman–Crippen MR) is 98.9 cm³/mol. The highest BCUT2D eigenvalue weighted by Gasteiger charge is 2.33. The second-order valence-corrected chi connectivity index (χ2v) is 6.13. The van der Waals surface area contributed by atoms with Crippen LogP contribution >= 0.6 is 0 Å². The van der Waals surface area contributed by atoms with Crippen molar-refractivity contribution in [3.8, 4) is 5.75 Å². The minimum atomic E-state index is -4.59. The standard InChI is InChI=1S/C21H16F3NO4/c1-13(26)14-6-8-15(9-7-14)28-12-16-10-11-19(29-16)20(27)25-18-5-3-2-4-17(18)21(22,23)24/h2-11H,12H2,1H3,(H,25,27). The van der Waals surface area contributed by atoms with Crippen molar-refractivity contribution in [2.45, 2.75) is 19.7 Å². The molecule has 1 amide bonds. The third-order valence-corrected chi connectivity index (χ3v) is 4.01. The number of carbonyl (C=O) groups is 2. The van der Waals surface area contributed by atoms with E-state index >= 15 is 0 Å². The van der Waals surface area contributed by atoms with Crippen LogP contribution in [0.2, 0.25) is 0 Å². The van der Waals surface area contributed by atoms with Crippen LogP contribution in [0, 0.1) is 0 Å². The van der Waals surface area contributed by atoms with Crippen molar-refractivity contribution in [2.24, 2.45) is 0 Å². The first kappa shape index (κ1) is 20.2. The molecule has 0 unspecified atom stereocenters.